The van der Waals surface area contributed by atoms with Gasteiger partial charge in [-0.1, -0.05) is 72.8 Å². The van der Waals surface area contributed by atoms with Crippen molar-refractivity contribution in [3.05, 3.63) is 86.0 Å². The summed E-state index contributed by atoms with van der Waals surface area (Å²) < 4.78 is 22.4. The molecule has 2 aromatic rings. The number of rotatable bonds is 5. The van der Waals surface area contributed by atoms with Crippen molar-refractivity contribution >= 4 is 16.5 Å². The molecule has 0 spiro atoms. The fourth-order valence-electron chi connectivity index (χ4n) is 1.50. The van der Waals surface area contributed by atoms with Crippen molar-refractivity contribution in [3.8, 4) is 11.1 Å². The van der Waals surface area contributed by atoms with Crippen molar-refractivity contribution in [1.82, 2.24) is 0 Å². The Kier molecular flexibility index (Phi) is 20.8. The Bertz CT molecular complexity index is 584. The highest BCUT2D eigenvalue weighted by Gasteiger charge is 1.91. The third-order valence-corrected chi connectivity index (χ3v) is 2.35. The molecule has 2 rings (SSSR count). The monoisotopic (exact) mass is 416 g/mol. The number of hydrogen-bond donors (Lipinski definition) is 4. The van der Waals surface area contributed by atoms with Crippen LogP contribution in [-0.4, -0.2) is 32.8 Å². The van der Waals surface area contributed by atoms with E-state index in [1.54, 1.807) is 12.2 Å². The highest BCUT2D eigenvalue weighted by molar-refractivity contribution is 7.31. The predicted molar refractivity (Wildman–Crippen MR) is 110 cm³/mol. The van der Waals surface area contributed by atoms with E-state index in [-0.39, 0.29) is 0 Å². The Morgan fingerprint density at radius 3 is 1.19 bits per heavy atom. The SMILES string of the molecule is C=CCOCC=C.O=[PH](O)O.O=[PH](O)O.c1ccc(-c2ccccc2)cc1. The average Bonchev–Trinajstić information content (AvgIpc) is 2.63. The minimum absolute atomic E-state index is 0.617. The van der Waals surface area contributed by atoms with E-state index in [9.17, 15) is 0 Å². The van der Waals surface area contributed by atoms with Crippen molar-refractivity contribution in [2.75, 3.05) is 13.2 Å². The zero-order valence-corrected chi connectivity index (χ0v) is 16.8. The topological polar surface area (TPSA) is 124 Å². The molecule has 0 saturated carbocycles. The van der Waals surface area contributed by atoms with Crippen molar-refractivity contribution in [3.63, 3.8) is 0 Å². The molecule has 7 nitrogen and oxygen atoms in total. The lowest BCUT2D eigenvalue weighted by Gasteiger charge is -1.98. The summed E-state index contributed by atoms with van der Waals surface area (Å²) >= 11 is 0. The first-order chi connectivity index (χ1) is 12.8. The molecule has 0 saturated heterocycles. The maximum absolute atomic E-state index is 8.74. The van der Waals surface area contributed by atoms with E-state index in [0.29, 0.717) is 13.2 Å². The quantitative estimate of drug-likeness (QED) is 0.334. The molecule has 0 aromatic heterocycles. The molecule has 0 aliphatic carbocycles. The second kappa shape index (κ2) is 20.5. The highest BCUT2D eigenvalue weighted by Crippen LogP contribution is 2.17. The summed E-state index contributed by atoms with van der Waals surface area (Å²) in [6.45, 7) is 8.18. The van der Waals surface area contributed by atoms with Gasteiger partial charge in [-0.05, 0) is 11.1 Å². The van der Waals surface area contributed by atoms with Gasteiger partial charge in [-0.25, -0.2) is 0 Å². The summed E-state index contributed by atoms with van der Waals surface area (Å²) in [5.41, 5.74) is 2.55. The van der Waals surface area contributed by atoms with Gasteiger partial charge in [-0.3, -0.25) is 9.13 Å². The van der Waals surface area contributed by atoms with Crippen LogP contribution in [0.25, 0.3) is 11.1 Å². The van der Waals surface area contributed by atoms with Crippen LogP contribution in [0.5, 0.6) is 0 Å². The van der Waals surface area contributed by atoms with Gasteiger partial charge >= 0.3 is 16.5 Å². The van der Waals surface area contributed by atoms with Gasteiger partial charge in [0.25, 0.3) is 0 Å². The zero-order chi connectivity index (χ0) is 20.9. The first-order valence-corrected chi connectivity index (χ1v) is 10.2. The fourth-order valence-corrected chi connectivity index (χ4v) is 1.50. The van der Waals surface area contributed by atoms with Gasteiger partial charge in [0, 0.05) is 0 Å². The van der Waals surface area contributed by atoms with Crippen LogP contribution in [0.3, 0.4) is 0 Å². The van der Waals surface area contributed by atoms with E-state index >= 15 is 0 Å². The molecule has 0 aliphatic rings. The lowest BCUT2D eigenvalue weighted by Crippen LogP contribution is -1.87. The van der Waals surface area contributed by atoms with Crippen LogP contribution in [0, 0.1) is 0 Å². The maximum atomic E-state index is 8.74. The molecule has 9 heteroatoms. The minimum Gasteiger partial charge on any atom is -0.373 e. The van der Waals surface area contributed by atoms with E-state index in [1.807, 2.05) is 12.1 Å². The van der Waals surface area contributed by atoms with Crippen LogP contribution in [-0.2, 0) is 13.9 Å². The second-order valence-corrected chi connectivity index (χ2v) is 5.54. The average molecular weight is 416 g/mol. The summed E-state index contributed by atoms with van der Waals surface area (Å²) in [5, 5.41) is 0. The third kappa shape index (κ3) is 24.2. The van der Waals surface area contributed by atoms with Gasteiger partial charge in [0.1, 0.15) is 0 Å². The lowest BCUT2D eigenvalue weighted by molar-refractivity contribution is 0.194. The summed E-state index contributed by atoms with van der Waals surface area (Å²) in [6, 6.07) is 20.8. The Morgan fingerprint density at radius 1 is 0.704 bits per heavy atom. The minimum atomic E-state index is -3.13. The van der Waals surface area contributed by atoms with Gasteiger partial charge in [-0.2, -0.15) is 0 Å². The van der Waals surface area contributed by atoms with Crippen LogP contribution >= 0.6 is 16.5 Å². The van der Waals surface area contributed by atoms with E-state index in [0.717, 1.165) is 0 Å². The molecule has 0 heterocycles. The maximum Gasteiger partial charge on any atom is 0.314 e. The van der Waals surface area contributed by atoms with Crippen LogP contribution in [0.4, 0.5) is 0 Å². The van der Waals surface area contributed by atoms with E-state index in [2.05, 4.69) is 61.7 Å². The van der Waals surface area contributed by atoms with Crippen LogP contribution in [0.1, 0.15) is 0 Å². The van der Waals surface area contributed by atoms with Gasteiger partial charge in [0.15, 0.2) is 0 Å². The third-order valence-electron chi connectivity index (χ3n) is 2.35. The van der Waals surface area contributed by atoms with E-state index < -0.39 is 16.5 Å². The first-order valence-electron chi connectivity index (χ1n) is 7.58. The van der Waals surface area contributed by atoms with Crippen LogP contribution < -0.4 is 0 Å². The molecule has 27 heavy (non-hydrogen) atoms. The molecule has 4 N–H and O–H groups in total. The molecule has 0 bridgehead atoms. The van der Waals surface area contributed by atoms with Gasteiger partial charge in [-0.15, -0.1) is 13.2 Å². The van der Waals surface area contributed by atoms with Gasteiger partial charge in [0.2, 0.25) is 0 Å². The van der Waals surface area contributed by atoms with Crippen LogP contribution in [0.15, 0.2) is 86.0 Å². The summed E-state index contributed by atoms with van der Waals surface area (Å²) in [7, 11) is -6.26. The molecule has 0 atom stereocenters. The number of ether oxygens (including phenoxy) is 1. The Morgan fingerprint density at radius 2 is 0.963 bits per heavy atom. The molecule has 0 fully saturated rings. The summed E-state index contributed by atoms with van der Waals surface area (Å²) in [5.74, 6) is 0. The molecular weight excluding hydrogens is 390 g/mol. The first kappa shape index (κ1) is 27.4. The molecule has 150 valence electrons. The van der Waals surface area contributed by atoms with Crippen molar-refractivity contribution < 1.29 is 33.4 Å². The number of hydrogen-bond acceptors (Lipinski definition) is 3. The summed E-state index contributed by atoms with van der Waals surface area (Å²) in [4.78, 5) is 28.6. The zero-order valence-electron chi connectivity index (χ0n) is 14.8. The fraction of sp³-hybridized carbons (Fsp3) is 0.111. The molecule has 0 amide bonds. The Labute approximate surface area is 160 Å². The van der Waals surface area contributed by atoms with Crippen molar-refractivity contribution in [2.24, 2.45) is 0 Å². The van der Waals surface area contributed by atoms with Crippen LogP contribution in [0.2, 0.25) is 0 Å². The Balaban J connectivity index is 0. The largest absolute Gasteiger partial charge is 0.373 e. The van der Waals surface area contributed by atoms with Crippen molar-refractivity contribution in [2.45, 2.75) is 0 Å². The summed E-state index contributed by atoms with van der Waals surface area (Å²) in [6.07, 6.45) is 3.42. The van der Waals surface area contributed by atoms with Gasteiger partial charge < -0.3 is 24.3 Å². The van der Waals surface area contributed by atoms with E-state index in [1.165, 1.54) is 11.1 Å². The number of benzene rings is 2. The van der Waals surface area contributed by atoms with Gasteiger partial charge in [0.05, 0.1) is 13.2 Å². The second-order valence-electron chi connectivity index (χ2n) is 4.41. The molecule has 0 aliphatic heterocycles. The molecule has 2 aromatic carbocycles. The molecule has 0 unspecified atom stereocenters. The molecular formula is C18H26O7P2. The Hall–Kier alpha value is -1.82. The predicted octanol–water partition coefficient (Wildman–Crippen LogP) is 3.45. The van der Waals surface area contributed by atoms with Crippen molar-refractivity contribution in [1.29, 1.82) is 0 Å². The molecule has 0 radical (unpaired) electrons. The standard InChI is InChI=1S/C12H10.C6H10O.2H3O3P/c1-3-7-11(8-4-1)12-9-5-2-6-10-12;1-3-5-7-6-4-2;2*1-4(2)3/h1-10H;3-4H,1-2,5-6H2;2*4H,(H2,1,2,3). The van der Waals surface area contributed by atoms with E-state index in [4.69, 9.17) is 33.4 Å². The smallest absolute Gasteiger partial charge is 0.314 e. The highest BCUT2D eigenvalue weighted by atomic mass is 31.1. The normalized spacial score (nSPS) is 8.96. The lowest BCUT2D eigenvalue weighted by atomic mass is 10.1.